The molecule has 5 N–H and O–H groups in total. The molecule has 1 aromatic carbocycles. The van der Waals surface area contributed by atoms with Crippen molar-refractivity contribution in [1.29, 1.82) is 0 Å². The van der Waals surface area contributed by atoms with Crippen LogP contribution in [0.5, 0.6) is 0 Å². The summed E-state index contributed by atoms with van der Waals surface area (Å²) in [6, 6.07) is 7.13. The summed E-state index contributed by atoms with van der Waals surface area (Å²) in [6.07, 6.45) is 0. The van der Waals surface area contributed by atoms with E-state index < -0.39 is 11.9 Å². The van der Waals surface area contributed by atoms with Gasteiger partial charge in [0.05, 0.1) is 5.56 Å². The van der Waals surface area contributed by atoms with Gasteiger partial charge in [0.2, 0.25) is 11.8 Å². The number of carbonyl (C=O) groups excluding carboxylic acids is 2. The van der Waals surface area contributed by atoms with E-state index in [1.165, 1.54) is 35.6 Å². The molecule has 0 aliphatic rings. The third-order valence-electron chi connectivity index (χ3n) is 2.22. The number of benzene rings is 1. The quantitative estimate of drug-likeness (QED) is 0.789. The molecular weight excluding hydrogens is 280 g/mol. The molecule has 104 valence electrons. The Bertz CT molecular complexity index is 573. The van der Waals surface area contributed by atoms with Crippen LogP contribution < -0.4 is 11.5 Å². The number of amides is 2. The number of primary amides is 2. The van der Waals surface area contributed by atoms with Crippen LogP contribution in [0.4, 0.5) is 0 Å². The molecule has 2 rings (SSSR count). The Morgan fingerprint density at radius 2 is 1.35 bits per heavy atom. The Morgan fingerprint density at radius 3 is 1.65 bits per heavy atom. The van der Waals surface area contributed by atoms with Crippen LogP contribution in [-0.4, -0.2) is 22.9 Å². The third kappa shape index (κ3) is 4.54. The van der Waals surface area contributed by atoms with Gasteiger partial charge in [-0.05, 0) is 35.7 Å². The lowest BCUT2D eigenvalue weighted by Crippen LogP contribution is -2.10. The van der Waals surface area contributed by atoms with Crippen molar-refractivity contribution in [3.8, 4) is 0 Å². The Morgan fingerprint density at radius 1 is 0.850 bits per heavy atom. The number of carbonyl (C=O) groups is 3. The van der Waals surface area contributed by atoms with Crippen LogP contribution in [0.15, 0.2) is 41.1 Å². The predicted octanol–water partition coefficient (Wildman–Crippen LogP) is 1.33. The summed E-state index contributed by atoms with van der Waals surface area (Å²) < 4.78 is 0. The van der Waals surface area contributed by atoms with Crippen LogP contribution in [-0.2, 0) is 0 Å². The maximum absolute atomic E-state index is 10.6. The Balaban J connectivity index is 0.000000217. The second-order valence-corrected chi connectivity index (χ2v) is 4.40. The highest BCUT2D eigenvalue weighted by molar-refractivity contribution is 7.08. The minimum atomic E-state index is -1.02. The molecule has 1 aromatic heterocycles. The largest absolute Gasteiger partial charge is 0.478 e. The zero-order valence-corrected chi connectivity index (χ0v) is 11.1. The Hall–Kier alpha value is -2.67. The van der Waals surface area contributed by atoms with E-state index >= 15 is 0 Å². The van der Waals surface area contributed by atoms with Crippen LogP contribution in [0.1, 0.15) is 31.1 Å². The summed E-state index contributed by atoms with van der Waals surface area (Å²) in [5.41, 5.74) is 10.9. The van der Waals surface area contributed by atoms with Crippen molar-refractivity contribution in [3.63, 3.8) is 0 Å². The van der Waals surface area contributed by atoms with Gasteiger partial charge in [-0.25, -0.2) is 4.79 Å². The van der Waals surface area contributed by atoms with Gasteiger partial charge in [-0.2, -0.15) is 11.3 Å². The van der Waals surface area contributed by atoms with Crippen LogP contribution in [0, 0.1) is 0 Å². The molecule has 1 heterocycles. The fraction of sp³-hybridized carbons (Fsp3) is 0. The maximum atomic E-state index is 10.6. The molecule has 6 nitrogen and oxygen atoms in total. The molecule has 0 spiro atoms. The highest BCUT2D eigenvalue weighted by atomic mass is 32.1. The number of carboxylic acids is 1. The standard InChI is InChI=1S/C8H7NO3.C5H5NOS/c9-7(10)5-1-3-6(4-2-5)8(11)12;6-5(7)4-1-2-8-3-4/h1-4H,(H2,9,10)(H,11,12);1-3H,(H2,6,7). The van der Waals surface area contributed by atoms with Gasteiger partial charge in [-0.3, -0.25) is 9.59 Å². The zero-order chi connectivity index (χ0) is 15.1. The van der Waals surface area contributed by atoms with E-state index in [9.17, 15) is 14.4 Å². The summed E-state index contributed by atoms with van der Waals surface area (Å²) in [7, 11) is 0. The first-order chi connectivity index (χ1) is 9.41. The maximum Gasteiger partial charge on any atom is 0.335 e. The SMILES string of the molecule is NC(=O)c1ccc(C(=O)O)cc1.NC(=O)c1ccsc1. The summed E-state index contributed by atoms with van der Waals surface area (Å²) in [5.74, 6) is -1.94. The number of thiophene rings is 1. The second kappa shape index (κ2) is 7.05. The van der Waals surface area contributed by atoms with Gasteiger partial charge in [0.1, 0.15) is 0 Å². The number of carboxylic acid groups (broad SMARTS) is 1. The molecule has 2 aromatic rings. The molecule has 0 radical (unpaired) electrons. The van der Waals surface area contributed by atoms with Crippen molar-refractivity contribution >= 4 is 29.1 Å². The van der Waals surface area contributed by atoms with Gasteiger partial charge in [0.15, 0.2) is 0 Å². The van der Waals surface area contributed by atoms with Crippen molar-refractivity contribution in [1.82, 2.24) is 0 Å². The molecule has 0 saturated carbocycles. The lowest BCUT2D eigenvalue weighted by Gasteiger charge is -1.95. The molecule has 20 heavy (non-hydrogen) atoms. The predicted molar refractivity (Wildman–Crippen MR) is 74.8 cm³/mol. The van der Waals surface area contributed by atoms with Crippen LogP contribution in [0.2, 0.25) is 0 Å². The molecule has 0 unspecified atom stereocenters. The molecule has 0 bridgehead atoms. The van der Waals surface area contributed by atoms with Crippen molar-refractivity contribution in [2.75, 3.05) is 0 Å². The summed E-state index contributed by atoms with van der Waals surface area (Å²) in [5, 5.41) is 12.0. The number of hydrogen-bond acceptors (Lipinski definition) is 4. The first-order valence-electron chi connectivity index (χ1n) is 5.37. The molecular formula is C13H12N2O4S. The van der Waals surface area contributed by atoms with E-state index in [1.54, 1.807) is 11.4 Å². The van der Waals surface area contributed by atoms with Gasteiger partial charge in [-0.1, -0.05) is 0 Å². The van der Waals surface area contributed by atoms with E-state index in [0.29, 0.717) is 11.1 Å². The summed E-state index contributed by atoms with van der Waals surface area (Å²) in [4.78, 5) is 31.2. The molecule has 0 atom stereocenters. The Labute approximate surface area is 118 Å². The number of rotatable bonds is 3. The Kier molecular flexibility index (Phi) is 5.42. The minimum absolute atomic E-state index is 0.139. The fourth-order valence-electron chi connectivity index (χ4n) is 1.18. The first kappa shape index (κ1) is 15.4. The fourth-order valence-corrected chi connectivity index (χ4v) is 1.83. The van der Waals surface area contributed by atoms with Gasteiger partial charge in [0.25, 0.3) is 0 Å². The molecule has 0 saturated heterocycles. The number of hydrogen-bond donors (Lipinski definition) is 3. The van der Waals surface area contributed by atoms with Crippen molar-refractivity contribution < 1.29 is 19.5 Å². The van der Waals surface area contributed by atoms with Crippen molar-refractivity contribution in [3.05, 3.63) is 57.8 Å². The summed E-state index contributed by atoms with van der Waals surface area (Å²) >= 11 is 1.47. The van der Waals surface area contributed by atoms with Crippen LogP contribution in [0.3, 0.4) is 0 Å². The smallest absolute Gasteiger partial charge is 0.335 e. The van der Waals surface area contributed by atoms with E-state index in [-0.39, 0.29) is 11.5 Å². The van der Waals surface area contributed by atoms with Gasteiger partial charge >= 0.3 is 5.97 Å². The van der Waals surface area contributed by atoms with Gasteiger partial charge in [-0.15, -0.1) is 0 Å². The van der Waals surface area contributed by atoms with Gasteiger partial charge in [0, 0.05) is 16.5 Å². The molecule has 0 aliphatic heterocycles. The number of aromatic carboxylic acids is 1. The lowest BCUT2D eigenvalue weighted by atomic mass is 10.1. The normalized spacial score (nSPS) is 9.20. The first-order valence-corrected chi connectivity index (χ1v) is 6.31. The van der Waals surface area contributed by atoms with E-state index in [1.807, 2.05) is 5.38 Å². The van der Waals surface area contributed by atoms with Crippen molar-refractivity contribution in [2.45, 2.75) is 0 Å². The highest BCUT2D eigenvalue weighted by Gasteiger charge is 2.03. The van der Waals surface area contributed by atoms with E-state index in [2.05, 4.69) is 0 Å². The minimum Gasteiger partial charge on any atom is -0.478 e. The topological polar surface area (TPSA) is 123 Å². The van der Waals surface area contributed by atoms with Crippen LogP contribution >= 0.6 is 11.3 Å². The molecule has 0 aliphatic carbocycles. The summed E-state index contributed by atoms with van der Waals surface area (Å²) in [6.45, 7) is 0. The van der Waals surface area contributed by atoms with E-state index in [0.717, 1.165) is 0 Å². The van der Waals surface area contributed by atoms with Crippen molar-refractivity contribution in [2.24, 2.45) is 11.5 Å². The third-order valence-corrected chi connectivity index (χ3v) is 2.91. The molecule has 0 fully saturated rings. The number of nitrogens with two attached hydrogens (primary N) is 2. The molecule has 7 heteroatoms. The monoisotopic (exact) mass is 292 g/mol. The average molecular weight is 292 g/mol. The van der Waals surface area contributed by atoms with E-state index in [4.69, 9.17) is 16.6 Å². The zero-order valence-electron chi connectivity index (χ0n) is 10.3. The highest BCUT2D eigenvalue weighted by Crippen LogP contribution is 2.03. The average Bonchev–Trinajstić information content (AvgIpc) is 2.93. The van der Waals surface area contributed by atoms with Gasteiger partial charge < -0.3 is 16.6 Å². The second-order valence-electron chi connectivity index (χ2n) is 3.62. The molecule has 2 amide bonds. The lowest BCUT2D eigenvalue weighted by molar-refractivity contribution is 0.0696. The van der Waals surface area contributed by atoms with Crippen LogP contribution in [0.25, 0.3) is 0 Å².